The molecule has 2 atom stereocenters. The zero-order valence-electron chi connectivity index (χ0n) is 14.3. The maximum atomic E-state index is 11.9. The molecule has 0 bridgehead atoms. The van der Waals surface area contributed by atoms with E-state index < -0.39 is 0 Å². The highest BCUT2D eigenvalue weighted by Crippen LogP contribution is 2.30. The van der Waals surface area contributed by atoms with Gasteiger partial charge in [0.05, 0.1) is 7.11 Å². The Morgan fingerprint density at radius 2 is 1.83 bits per heavy atom. The fourth-order valence-electron chi connectivity index (χ4n) is 4.21. The third kappa shape index (κ3) is 3.69. The van der Waals surface area contributed by atoms with Crippen LogP contribution in [0.25, 0.3) is 0 Å². The quantitative estimate of drug-likeness (QED) is 0.837. The van der Waals surface area contributed by atoms with Gasteiger partial charge in [0, 0.05) is 32.1 Å². The molecule has 1 aromatic rings. The summed E-state index contributed by atoms with van der Waals surface area (Å²) in [6, 6.07) is 9.37. The molecule has 2 fully saturated rings. The number of hydrogen-bond acceptors (Lipinski definition) is 3. The Morgan fingerprint density at radius 3 is 2.52 bits per heavy atom. The molecule has 0 N–H and O–H groups in total. The minimum Gasteiger partial charge on any atom is -0.497 e. The van der Waals surface area contributed by atoms with E-state index in [0.29, 0.717) is 12.1 Å². The molecule has 4 heteroatoms. The van der Waals surface area contributed by atoms with Gasteiger partial charge in [-0.05, 0) is 56.3 Å². The molecule has 23 heavy (non-hydrogen) atoms. The first-order chi connectivity index (χ1) is 11.2. The lowest BCUT2D eigenvalue weighted by Crippen LogP contribution is -2.48. The van der Waals surface area contributed by atoms with E-state index in [0.717, 1.165) is 31.7 Å². The van der Waals surface area contributed by atoms with Crippen LogP contribution in [0, 0.1) is 0 Å². The van der Waals surface area contributed by atoms with Crippen molar-refractivity contribution in [2.75, 3.05) is 26.7 Å². The van der Waals surface area contributed by atoms with E-state index in [1.807, 2.05) is 12.1 Å². The predicted molar refractivity (Wildman–Crippen MR) is 91.7 cm³/mol. The summed E-state index contributed by atoms with van der Waals surface area (Å²) in [5.41, 5.74) is 1.35. The molecule has 4 nitrogen and oxygen atoms in total. The van der Waals surface area contributed by atoms with Crippen molar-refractivity contribution < 1.29 is 9.53 Å². The number of methoxy groups -OCH3 is 1. The molecule has 2 aliphatic rings. The van der Waals surface area contributed by atoms with E-state index in [9.17, 15) is 4.79 Å². The summed E-state index contributed by atoms with van der Waals surface area (Å²) in [5.74, 6) is 1.16. The van der Waals surface area contributed by atoms with Crippen LogP contribution in [0.5, 0.6) is 5.75 Å². The Labute approximate surface area is 139 Å². The third-order valence-corrected chi connectivity index (χ3v) is 5.41. The van der Waals surface area contributed by atoms with Crippen LogP contribution in [-0.2, 0) is 11.2 Å². The Kier molecular flexibility index (Phi) is 5.21. The average Bonchev–Trinajstić information content (AvgIpc) is 3.21. The van der Waals surface area contributed by atoms with E-state index in [-0.39, 0.29) is 5.91 Å². The first-order valence-corrected chi connectivity index (χ1v) is 8.83. The zero-order chi connectivity index (χ0) is 16.2. The molecule has 0 spiro atoms. The van der Waals surface area contributed by atoms with E-state index >= 15 is 0 Å². The van der Waals surface area contributed by atoms with Crippen molar-refractivity contribution in [3.63, 3.8) is 0 Å². The predicted octanol–water partition coefficient (Wildman–Crippen LogP) is 2.71. The summed E-state index contributed by atoms with van der Waals surface area (Å²) in [4.78, 5) is 16.6. The van der Waals surface area contributed by atoms with Crippen molar-refractivity contribution in [2.24, 2.45) is 0 Å². The number of carbonyl (C=O) groups is 1. The first kappa shape index (κ1) is 16.3. The van der Waals surface area contributed by atoms with Crippen LogP contribution < -0.4 is 4.74 Å². The van der Waals surface area contributed by atoms with Gasteiger partial charge in [-0.15, -0.1) is 0 Å². The third-order valence-electron chi connectivity index (χ3n) is 5.41. The van der Waals surface area contributed by atoms with Crippen molar-refractivity contribution in [1.29, 1.82) is 0 Å². The van der Waals surface area contributed by atoms with Gasteiger partial charge >= 0.3 is 0 Å². The summed E-state index contributed by atoms with van der Waals surface area (Å²) in [5, 5.41) is 0. The minimum atomic E-state index is 0.245. The number of nitrogens with zero attached hydrogens (tertiary/aromatic N) is 2. The maximum Gasteiger partial charge on any atom is 0.219 e. The minimum absolute atomic E-state index is 0.245. The second-order valence-corrected chi connectivity index (χ2v) is 6.77. The number of benzene rings is 1. The van der Waals surface area contributed by atoms with Crippen LogP contribution in [0.4, 0.5) is 0 Å². The van der Waals surface area contributed by atoms with Crippen molar-refractivity contribution in [3.05, 3.63) is 29.8 Å². The number of rotatable bonds is 5. The van der Waals surface area contributed by atoms with Gasteiger partial charge in [0.2, 0.25) is 5.91 Å². The topological polar surface area (TPSA) is 32.8 Å². The van der Waals surface area contributed by atoms with Crippen molar-refractivity contribution in [3.8, 4) is 5.75 Å². The van der Waals surface area contributed by atoms with Gasteiger partial charge in [0.25, 0.3) is 0 Å². The van der Waals surface area contributed by atoms with Gasteiger partial charge in [-0.1, -0.05) is 12.1 Å². The molecule has 0 aromatic heterocycles. The normalized spacial score (nSPS) is 25.0. The van der Waals surface area contributed by atoms with Gasteiger partial charge in [-0.3, -0.25) is 9.69 Å². The summed E-state index contributed by atoms with van der Waals surface area (Å²) < 4.78 is 5.22. The smallest absolute Gasteiger partial charge is 0.219 e. The highest BCUT2D eigenvalue weighted by atomic mass is 16.5. The zero-order valence-corrected chi connectivity index (χ0v) is 14.3. The lowest BCUT2D eigenvalue weighted by atomic mass is 10.0. The summed E-state index contributed by atoms with van der Waals surface area (Å²) in [7, 11) is 1.70. The lowest BCUT2D eigenvalue weighted by Gasteiger charge is -2.34. The molecule has 1 amide bonds. The standard InChI is InChI=1S/C19H28N2O2/c1-15(22)21-13-4-6-19(21)18-5-3-12-20(18)14-11-16-7-9-17(23-2)10-8-16/h7-10,18-19H,3-6,11-14H2,1-2H3. The average molecular weight is 316 g/mol. The maximum absolute atomic E-state index is 11.9. The largest absolute Gasteiger partial charge is 0.497 e. The van der Waals surface area contributed by atoms with E-state index in [1.54, 1.807) is 14.0 Å². The summed E-state index contributed by atoms with van der Waals surface area (Å²) in [6.45, 7) is 4.92. The SMILES string of the molecule is COc1ccc(CCN2CCCC2C2CCCN2C(C)=O)cc1. The molecular formula is C19H28N2O2. The van der Waals surface area contributed by atoms with E-state index in [4.69, 9.17) is 4.74 Å². The molecule has 2 aliphatic heterocycles. The van der Waals surface area contributed by atoms with Crippen molar-refractivity contribution >= 4 is 5.91 Å². The van der Waals surface area contributed by atoms with E-state index in [1.165, 1.54) is 31.4 Å². The monoisotopic (exact) mass is 316 g/mol. The Hall–Kier alpha value is -1.55. The van der Waals surface area contributed by atoms with Crippen LogP contribution in [0.3, 0.4) is 0 Å². The van der Waals surface area contributed by atoms with Crippen LogP contribution in [0.1, 0.15) is 38.2 Å². The van der Waals surface area contributed by atoms with Gasteiger partial charge in [0.15, 0.2) is 0 Å². The van der Waals surface area contributed by atoms with E-state index in [2.05, 4.69) is 21.9 Å². The second-order valence-electron chi connectivity index (χ2n) is 6.77. The fraction of sp³-hybridized carbons (Fsp3) is 0.632. The number of ether oxygens (including phenoxy) is 1. The molecule has 2 heterocycles. The van der Waals surface area contributed by atoms with Crippen LogP contribution in [0.15, 0.2) is 24.3 Å². The fourth-order valence-corrected chi connectivity index (χ4v) is 4.21. The van der Waals surface area contributed by atoms with Crippen LogP contribution >= 0.6 is 0 Å². The molecule has 0 aliphatic carbocycles. The highest BCUT2D eigenvalue weighted by Gasteiger charge is 2.38. The van der Waals surface area contributed by atoms with Crippen molar-refractivity contribution in [1.82, 2.24) is 9.80 Å². The molecule has 0 saturated carbocycles. The first-order valence-electron chi connectivity index (χ1n) is 8.83. The molecule has 0 radical (unpaired) electrons. The number of carbonyl (C=O) groups excluding carboxylic acids is 1. The Morgan fingerprint density at radius 1 is 1.13 bits per heavy atom. The van der Waals surface area contributed by atoms with Crippen LogP contribution in [-0.4, -0.2) is 54.5 Å². The second kappa shape index (κ2) is 7.35. The van der Waals surface area contributed by atoms with Gasteiger partial charge < -0.3 is 9.64 Å². The van der Waals surface area contributed by atoms with Gasteiger partial charge in [-0.25, -0.2) is 0 Å². The summed E-state index contributed by atoms with van der Waals surface area (Å²) >= 11 is 0. The number of amides is 1. The molecular weight excluding hydrogens is 288 g/mol. The molecule has 2 unspecified atom stereocenters. The highest BCUT2D eigenvalue weighted by molar-refractivity contribution is 5.74. The molecule has 2 saturated heterocycles. The number of likely N-dealkylation sites (tertiary alicyclic amines) is 2. The van der Waals surface area contributed by atoms with Crippen LogP contribution in [0.2, 0.25) is 0 Å². The molecule has 1 aromatic carbocycles. The lowest BCUT2D eigenvalue weighted by molar-refractivity contribution is -0.130. The number of hydrogen-bond donors (Lipinski definition) is 0. The Balaban J connectivity index is 1.59. The molecule has 3 rings (SSSR count). The van der Waals surface area contributed by atoms with Gasteiger partial charge in [-0.2, -0.15) is 0 Å². The van der Waals surface area contributed by atoms with Crippen molar-refractivity contribution in [2.45, 2.75) is 51.1 Å². The summed E-state index contributed by atoms with van der Waals surface area (Å²) in [6.07, 6.45) is 5.89. The molecule has 126 valence electrons. The Bertz CT molecular complexity index is 529. The van der Waals surface area contributed by atoms with Gasteiger partial charge in [0.1, 0.15) is 5.75 Å².